The van der Waals surface area contributed by atoms with Gasteiger partial charge in [-0.25, -0.2) is 0 Å². The van der Waals surface area contributed by atoms with Gasteiger partial charge < -0.3 is 0 Å². The summed E-state index contributed by atoms with van der Waals surface area (Å²) in [6, 6.07) is 0. The van der Waals surface area contributed by atoms with Gasteiger partial charge >= 0.3 is 0 Å². The Balaban J connectivity index is 1.94. The van der Waals surface area contributed by atoms with Crippen molar-refractivity contribution in [1.82, 2.24) is 0 Å². The first-order valence-electron chi connectivity index (χ1n) is 8.43. The van der Waals surface area contributed by atoms with Crippen LogP contribution in [0.4, 0.5) is 0 Å². The van der Waals surface area contributed by atoms with Crippen LogP contribution in [-0.4, -0.2) is 0 Å². The Morgan fingerprint density at radius 3 is 2.79 bits per heavy atom. The van der Waals surface area contributed by atoms with E-state index in [-0.39, 0.29) is 0 Å². The summed E-state index contributed by atoms with van der Waals surface area (Å²) in [6.07, 6.45) is 13.6. The molecule has 1 fully saturated rings. The lowest BCUT2D eigenvalue weighted by Crippen LogP contribution is -2.45. The third-order valence-electron chi connectivity index (χ3n) is 6.53. The Bertz CT molecular complexity index is 412. The van der Waals surface area contributed by atoms with Crippen LogP contribution in [0.25, 0.3) is 0 Å². The van der Waals surface area contributed by atoms with Crippen LogP contribution >= 0.6 is 0 Å². The molecule has 0 saturated heterocycles. The van der Waals surface area contributed by atoms with Gasteiger partial charge in [0.05, 0.1) is 0 Å². The van der Waals surface area contributed by atoms with Gasteiger partial charge in [-0.3, -0.25) is 0 Å². The summed E-state index contributed by atoms with van der Waals surface area (Å²) in [6.45, 7) is 9.81. The summed E-state index contributed by atoms with van der Waals surface area (Å²) in [5.41, 5.74) is 3.98. The van der Waals surface area contributed by atoms with E-state index >= 15 is 0 Å². The van der Waals surface area contributed by atoms with E-state index in [1.54, 1.807) is 11.1 Å². The summed E-state index contributed by atoms with van der Waals surface area (Å²) in [7, 11) is 0. The first kappa shape index (κ1) is 13.5. The molecular weight excluding hydrogens is 228 g/mol. The maximum Gasteiger partial charge on any atom is -0.0105 e. The second-order valence-corrected chi connectivity index (χ2v) is 7.89. The van der Waals surface area contributed by atoms with Crippen LogP contribution < -0.4 is 0 Å². The lowest BCUT2D eigenvalue weighted by molar-refractivity contribution is 0.0109. The number of rotatable bonds is 1. The monoisotopic (exact) mass is 258 g/mol. The fourth-order valence-corrected chi connectivity index (χ4v) is 5.27. The number of hydrogen-bond donors (Lipinski definition) is 0. The molecule has 0 aromatic carbocycles. The van der Waals surface area contributed by atoms with Crippen molar-refractivity contribution in [3.8, 4) is 0 Å². The zero-order chi connectivity index (χ0) is 13.6. The second kappa shape index (κ2) is 4.79. The number of allylic oxidation sites excluding steroid dienone is 4. The van der Waals surface area contributed by atoms with Crippen LogP contribution in [0.5, 0.6) is 0 Å². The molecule has 3 rings (SSSR count). The minimum absolute atomic E-state index is 0.598. The molecule has 106 valence electrons. The van der Waals surface area contributed by atoms with Crippen LogP contribution in [0, 0.1) is 29.1 Å². The number of hydrogen-bond acceptors (Lipinski definition) is 0. The standard InChI is InChI=1S/C19H30/c1-13(2)15-7-10-18-16(12-15)8-9-17-14(3)6-5-11-19(17,18)4/h8,12-14,17-18H,5-7,9-11H2,1-4H3. The van der Waals surface area contributed by atoms with Gasteiger partial charge in [-0.05, 0) is 60.3 Å². The summed E-state index contributed by atoms with van der Waals surface area (Å²) >= 11 is 0. The van der Waals surface area contributed by atoms with Crippen molar-refractivity contribution >= 4 is 0 Å². The van der Waals surface area contributed by atoms with E-state index in [1.807, 2.05) is 0 Å². The topological polar surface area (TPSA) is 0 Å². The lowest BCUT2D eigenvalue weighted by atomic mass is 9.51. The quantitative estimate of drug-likeness (QED) is 0.561. The molecule has 0 heterocycles. The van der Waals surface area contributed by atoms with E-state index in [0.717, 1.165) is 23.7 Å². The molecule has 0 aliphatic heterocycles. The summed E-state index contributed by atoms with van der Waals surface area (Å²) in [5.74, 6) is 3.48. The molecule has 3 aliphatic rings. The van der Waals surface area contributed by atoms with Gasteiger partial charge in [0.2, 0.25) is 0 Å². The van der Waals surface area contributed by atoms with Crippen molar-refractivity contribution in [2.75, 3.05) is 0 Å². The SMILES string of the molecule is CC(C)C1=CC2=CCC3C(C)CCCC3(C)C2CC1. The molecule has 0 bridgehead atoms. The molecule has 0 N–H and O–H groups in total. The number of fused-ring (bicyclic) bond motifs is 3. The van der Waals surface area contributed by atoms with Crippen molar-refractivity contribution in [3.05, 3.63) is 23.3 Å². The molecule has 0 heteroatoms. The van der Waals surface area contributed by atoms with E-state index in [9.17, 15) is 0 Å². The van der Waals surface area contributed by atoms with Crippen molar-refractivity contribution in [3.63, 3.8) is 0 Å². The molecule has 1 saturated carbocycles. The largest absolute Gasteiger partial charge is 0.0807 e. The van der Waals surface area contributed by atoms with Gasteiger partial charge in [-0.2, -0.15) is 0 Å². The average Bonchev–Trinajstić information content (AvgIpc) is 2.38. The van der Waals surface area contributed by atoms with E-state index in [4.69, 9.17) is 0 Å². The predicted octanol–water partition coefficient (Wildman–Crippen LogP) is 5.75. The van der Waals surface area contributed by atoms with E-state index in [1.165, 1.54) is 38.5 Å². The van der Waals surface area contributed by atoms with Crippen molar-refractivity contribution in [2.24, 2.45) is 29.1 Å². The normalized spacial score (nSPS) is 42.3. The van der Waals surface area contributed by atoms with E-state index in [2.05, 4.69) is 39.8 Å². The van der Waals surface area contributed by atoms with Crippen LogP contribution in [-0.2, 0) is 0 Å². The van der Waals surface area contributed by atoms with Crippen LogP contribution in [0.3, 0.4) is 0 Å². The first-order chi connectivity index (χ1) is 9.02. The van der Waals surface area contributed by atoms with E-state index in [0.29, 0.717) is 5.41 Å². The highest BCUT2D eigenvalue weighted by molar-refractivity contribution is 5.34. The van der Waals surface area contributed by atoms with Crippen LogP contribution in [0.1, 0.15) is 66.2 Å². The smallest absolute Gasteiger partial charge is 0.0105 e. The molecule has 3 aliphatic carbocycles. The summed E-state index contributed by atoms with van der Waals surface area (Å²) < 4.78 is 0. The highest BCUT2D eigenvalue weighted by atomic mass is 14.5. The molecule has 0 nitrogen and oxygen atoms in total. The van der Waals surface area contributed by atoms with E-state index < -0.39 is 0 Å². The zero-order valence-corrected chi connectivity index (χ0v) is 13.2. The van der Waals surface area contributed by atoms with Gasteiger partial charge in [0.1, 0.15) is 0 Å². The van der Waals surface area contributed by atoms with Crippen molar-refractivity contribution in [1.29, 1.82) is 0 Å². The third-order valence-corrected chi connectivity index (χ3v) is 6.53. The molecule has 0 aromatic heterocycles. The van der Waals surface area contributed by atoms with Gasteiger partial charge in [0, 0.05) is 0 Å². The summed E-state index contributed by atoms with van der Waals surface area (Å²) in [4.78, 5) is 0. The molecule has 4 unspecified atom stereocenters. The van der Waals surface area contributed by atoms with Gasteiger partial charge in [0.15, 0.2) is 0 Å². The molecular formula is C19H30. The zero-order valence-electron chi connectivity index (χ0n) is 13.2. The minimum Gasteiger partial charge on any atom is -0.0807 e. The van der Waals surface area contributed by atoms with Crippen molar-refractivity contribution in [2.45, 2.75) is 66.2 Å². The highest BCUT2D eigenvalue weighted by Gasteiger charge is 2.48. The maximum atomic E-state index is 2.61. The Kier molecular flexibility index (Phi) is 3.39. The fraction of sp³-hybridized carbons (Fsp3) is 0.789. The molecule has 0 radical (unpaired) electrons. The average molecular weight is 258 g/mol. The Hall–Kier alpha value is -0.520. The first-order valence-corrected chi connectivity index (χ1v) is 8.43. The van der Waals surface area contributed by atoms with Gasteiger partial charge in [0.25, 0.3) is 0 Å². The van der Waals surface area contributed by atoms with Gasteiger partial charge in [-0.15, -0.1) is 0 Å². The third kappa shape index (κ3) is 2.12. The Morgan fingerprint density at radius 2 is 2.05 bits per heavy atom. The molecule has 0 amide bonds. The Labute approximate surface area is 119 Å². The van der Waals surface area contributed by atoms with Crippen LogP contribution in [0.15, 0.2) is 23.3 Å². The molecule has 0 aromatic rings. The molecule has 4 atom stereocenters. The molecule has 0 spiro atoms. The second-order valence-electron chi connectivity index (χ2n) is 7.89. The summed E-state index contributed by atoms with van der Waals surface area (Å²) in [5, 5.41) is 0. The fourth-order valence-electron chi connectivity index (χ4n) is 5.27. The predicted molar refractivity (Wildman–Crippen MR) is 83.0 cm³/mol. The maximum absolute atomic E-state index is 2.61. The van der Waals surface area contributed by atoms with Gasteiger partial charge in [-0.1, -0.05) is 58.3 Å². The van der Waals surface area contributed by atoms with Crippen molar-refractivity contribution < 1.29 is 0 Å². The minimum atomic E-state index is 0.598. The Morgan fingerprint density at radius 1 is 1.26 bits per heavy atom. The highest BCUT2D eigenvalue weighted by Crippen LogP contribution is 2.58. The van der Waals surface area contributed by atoms with Crippen LogP contribution in [0.2, 0.25) is 0 Å². The molecule has 19 heavy (non-hydrogen) atoms. The lowest BCUT2D eigenvalue weighted by Gasteiger charge is -2.54.